The van der Waals surface area contributed by atoms with Crippen LogP contribution in [0.4, 0.5) is 0 Å². The summed E-state index contributed by atoms with van der Waals surface area (Å²) in [5.41, 5.74) is 0. The van der Waals surface area contributed by atoms with Gasteiger partial charge in [0.1, 0.15) is 6.10 Å². The van der Waals surface area contributed by atoms with Crippen molar-refractivity contribution in [2.75, 3.05) is 6.61 Å². The van der Waals surface area contributed by atoms with Crippen LogP contribution in [0.2, 0.25) is 0 Å². The lowest BCUT2D eigenvalue weighted by Crippen LogP contribution is -2.46. The minimum Gasteiger partial charge on any atom is -0.462 e. The second-order valence-corrected chi connectivity index (χ2v) is 17.2. The summed E-state index contributed by atoms with van der Waals surface area (Å²) in [6.45, 7) is 6.43. The van der Waals surface area contributed by atoms with Crippen molar-refractivity contribution >= 4 is 11.9 Å². The summed E-state index contributed by atoms with van der Waals surface area (Å²) in [6.07, 6.45) is 51.0. The van der Waals surface area contributed by atoms with Crippen LogP contribution >= 0.6 is 0 Å². The molecule has 3 N–H and O–H groups in total. The van der Waals surface area contributed by atoms with Crippen molar-refractivity contribution in [2.24, 2.45) is 0 Å². The smallest absolute Gasteiger partial charge is 0.306 e. The van der Waals surface area contributed by atoms with E-state index in [1.54, 1.807) is 0 Å². The van der Waals surface area contributed by atoms with Gasteiger partial charge in [-0.3, -0.25) is 9.59 Å². The Morgan fingerprint density at radius 1 is 0.491 bits per heavy atom. The topological polar surface area (TPSA) is 95.9 Å². The second kappa shape index (κ2) is 45.4. The molecule has 6 heteroatoms. The molecule has 0 aromatic carbocycles. The number of unbranched alkanes of at least 4 members (excludes halogenated alkanes) is 29. The minimum atomic E-state index is -0.788. The van der Waals surface area contributed by atoms with E-state index in [0.29, 0.717) is 19.3 Å². The fraction of sp³-hybridized carbons (Fsp3) is 0.882. The number of carbonyl (C=O) groups excluding carboxylic acids is 2. The molecule has 0 spiro atoms. The number of rotatable bonds is 45. The maximum absolute atomic E-state index is 13.1. The third-order valence-corrected chi connectivity index (χ3v) is 11.5. The van der Waals surface area contributed by atoms with Gasteiger partial charge in [0.25, 0.3) is 0 Å². The Labute approximate surface area is 354 Å². The van der Waals surface area contributed by atoms with E-state index in [0.717, 1.165) is 77.0 Å². The number of aliphatic hydroxyl groups is 2. The first kappa shape index (κ1) is 55.3. The zero-order valence-electron chi connectivity index (χ0n) is 38.2. The number of hydrogen-bond acceptors (Lipinski definition) is 5. The molecular weight excluding hydrogens is 707 g/mol. The first-order chi connectivity index (χ1) is 28.0. The Balaban J connectivity index is 4.45. The van der Waals surface area contributed by atoms with Crippen LogP contribution in [0.25, 0.3) is 0 Å². The van der Waals surface area contributed by atoms with Gasteiger partial charge in [-0.2, -0.15) is 0 Å². The molecule has 0 aliphatic heterocycles. The second-order valence-electron chi connectivity index (χ2n) is 17.2. The Morgan fingerprint density at radius 3 is 1.32 bits per heavy atom. The molecule has 0 bridgehead atoms. The van der Waals surface area contributed by atoms with Gasteiger partial charge in [0.15, 0.2) is 0 Å². The summed E-state index contributed by atoms with van der Waals surface area (Å²) in [5, 5.41) is 23.6. The van der Waals surface area contributed by atoms with E-state index in [1.165, 1.54) is 141 Å². The van der Waals surface area contributed by atoms with Gasteiger partial charge in [0, 0.05) is 6.42 Å². The maximum Gasteiger partial charge on any atom is 0.306 e. The van der Waals surface area contributed by atoms with Gasteiger partial charge in [-0.1, -0.05) is 206 Å². The zero-order chi connectivity index (χ0) is 41.7. The zero-order valence-corrected chi connectivity index (χ0v) is 38.2. The molecule has 0 aliphatic rings. The van der Waals surface area contributed by atoms with E-state index in [-0.39, 0.29) is 24.9 Å². The predicted molar refractivity (Wildman–Crippen MR) is 246 cm³/mol. The number of carbonyl (C=O) groups is 2. The van der Waals surface area contributed by atoms with Crippen molar-refractivity contribution in [1.82, 2.24) is 5.32 Å². The minimum absolute atomic E-state index is 0.0664. The molecule has 0 rings (SSSR count). The quantitative estimate of drug-likeness (QED) is 0.0324. The van der Waals surface area contributed by atoms with Crippen molar-refractivity contribution in [3.05, 3.63) is 24.3 Å². The van der Waals surface area contributed by atoms with Crippen LogP contribution in [0.1, 0.15) is 265 Å². The highest BCUT2D eigenvalue weighted by atomic mass is 16.5. The SMILES string of the molecule is CCCC/C=C\CCCCCC(CC(=O)NC(CO)C(O)CCCCCCCCCCCCC)OC(=O)CCCCCCC/C=C/CCCCCCCCCCC. The summed E-state index contributed by atoms with van der Waals surface area (Å²) in [6, 6.07) is -0.702. The van der Waals surface area contributed by atoms with Gasteiger partial charge >= 0.3 is 5.97 Å². The fourth-order valence-electron chi connectivity index (χ4n) is 7.64. The number of hydrogen-bond donors (Lipinski definition) is 3. The average Bonchev–Trinajstić information content (AvgIpc) is 3.20. The van der Waals surface area contributed by atoms with Crippen LogP contribution in [0, 0.1) is 0 Å². The van der Waals surface area contributed by atoms with Crippen LogP contribution in [-0.4, -0.2) is 46.9 Å². The van der Waals surface area contributed by atoms with E-state index in [2.05, 4.69) is 50.4 Å². The first-order valence-electron chi connectivity index (χ1n) is 25.1. The van der Waals surface area contributed by atoms with Crippen LogP contribution in [0.3, 0.4) is 0 Å². The van der Waals surface area contributed by atoms with Gasteiger partial charge in [0.2, 0.25) is 5.91 Å². The summed E-state index contributed by atoms with van der Waals surface area (Å²) in [5.74, 6) is -0.493. The molecule has 0 saturated carbocycles. The molecule has 336 valence electrons. The van der Waals surface area contributed by atoms with Gasteiger partial charge in [-0.15, -0.1) is 0 Å². The third-order valence-electron chi connectivity index (χ3n) is 11.5. The number of ether oxygens (including phenoxy) is 1. The lowest BCUT2D eigenvalue weighted by molar-refractivity contribution is -0.151. The van der Waals surface area contributed by atoms with Crippen molar-refractivity contribution in [2.45, 2.75) is 283 Å². The van der Waals surface area contributed by atoms with E-state index < -0.39 is 18.2 Å². The predicted octanol–water partition coefficient (Wildman–Crippen LogP) is 14.7. The molecule has 57 heavy (non-hydrogen) atoms. The maximum atomic E-state index is 13.1. The highest BCUT2D eigenvalue weighted by molar-refractivity contribution is 5.77. The van der Waals surface area contributed by atoms with Gasteiger partial charge in [0.05, 0.1) is 25.2 Å². The molecule has 3 atom stereocenters. The largest absolute Gasteiger partial charge is 0.462 e. The monoisotopic (exact) mass is 804 g/mol. The number of esters is 1. The number of amides is 1. The molecule has 0 aliphatic carbocycles. The highest BCUT2D eigenvalue weighted by Crippen LogP contribution is 2.17. The summed E-state index contributed by atoms with van der Waals surface area (Å²) in [7, 11) is 0. The molecular formula is C51H97NO5. The molecule has 6 nitrogen and oxygen atoms in total. The lowest BCUT2D eigenvalue weighted by atomic mass is 10.0. The Kier molecular flexibility index (Phi) is 44.1. The normalized spacial score (nSPS) is 13.4. The molecule has 0 saturated heterocycles. The molecule has 0 fully saturated rings. The van der Waals surface area contributed by atoms with Gasteiger partial charge in [-0.25, -0.2) is 0 Å². The Morgan fingerprint density at radius 2 is 0.860 bits per heavy atom. The molecule has 1 amide bonds. The number of nitrogens with one attached hydrogen (secondary N) is 1. The molecule has 3 unspecified atom stereocenters. The Bertz CT molecular complexity index is 904. The van der Waals surface area contributed by atoms with E-state index in [1.807, 2.05) is 0 Å². The van der Waals surface area contributed by atoms with Crippen molar-refractivity contribution in [1.29, 1.82) is 0 Å². The van der Waals surface area contributed by atoms with Crippen LogP contribution in [0.15, 0.2) is 24.3 Å². The van der Waals surface area contributed by atoms with Crippen LogP contribution < -0.4 is 5.32 Å². The standard InChI is InChI=1S/C51H97NO5/c1-4-7-10-13-16-19-21-22-23-24-25-26-27-29-32-35-38-41-44-51(56)57-47(42-39-36-33-30-18-15-12-9-6-3)45-50(55)52-48(46-53)49(54)43-40-37-34-31-28-20-17-14-11-8-5-2/h15,18,25-26,47-49,53-54H,4-14,16-17,19-24,27-46H2,1-3H3,(H,52,55)/b18-15-,26-25+. The highest BCUT2D eigenvalue weighted by Gasteiger charge is 2.24. The number of aliphatic hydroxyl groups excluding tert-OH is 2. The molecule has 0 aromatic rings. The van der Waals surface area contributed by atoms with Crippen molar-refractivity contribution < 1.29 is 24.5 Å². The van der Waals surface area contributed by atoms with E-state index >= 15 is 0 Å². The van der Waals surface area contributed by atoms with Crippen LogP contribution in [0.5, 0.6) is 0 Å². The molecule has 0 aromatic heterocycles. The summed E-state index contributed by atoms with van der Waals surface area (Å²) >= 11 is 0. The third kappa shape index (κ3) is 40.9. The number of allylic oxidation sites excluding steroid dienone is 4. The van der Waals surface area contributed by atoms with Gasteiger partial charge in [-0.05, 0) is 70.6 Å². The molecule has 0 heterocycles. The summed E-state index contributed by atoms with van der Waals surface area (Å²) in [4.78, 5) is 26.0. The average molecular weight is 804 g/mol. The Hall–Kier alpha value is -1.66. The van der Waals surface area contributed by atoms with Crippen molar-refractivity contribution in [3.63, 3.8) is 0 Å². The first-order valence-corrected chi connectivity index (χ1v) is 25.1. The fourth-order valence-corrected chi connectivity index (χ4v) is 7.64. The summed E-state index contributed by atoms with van der Waals surface area (Å²) < 4.78 is 5.90. The molecule has 0 radical (unpaired) electrons. The van der Waals surface area contributed by atoms with E-state index in [9.17, 15) is 19.8 Å². The van der Waals surface area contributed by atoms with Gasteiger partial charge < -0.3 is 20.3 Å². The lowest BCUT2D eigenvalue weighted by Gasteiger charge is -2.24. The van der Waals surface area contributed by atoms with Crippen molar-refractivity contribution in [3.8, 4) is 0 Å². The van der Waals surface area contributed by atoms with E-state index in [4.69, 9.17) is 4.74 Å². The van der Waals surface area contributed by atoms with Crippen LogP contribution in [-0.2, 0) is 14.3 Å².